The van der Waals surface area contributed by atoms with Gasteiger partial charge in [0.2, 0.25) is 34.9 Å². The first kappa shape index (κ1) is 26.6. The van der Waals surface area contributed by atoms with Crippen LogP contribution in [0.5, 0.6) is 17.2 Å². The molecule has 1 aliphatic rings. The van der Waals surface area contributed by atoms with Gasteiger partial charge < -0.3 is 19.1 Å². The second-order valence-corrected chi connectivity index (χ2v) is 8.57. The van der Waals surface area contributed by atoms with E-state index in [2.05, 4.69) is 0 Å². The fraction of sp³-hybridized carbons (Fsp3) is 0.185. The van der Waals surface area contributed by atoms with Gasteiger partial charge in [-0.05, 0) is 49.8 Å². The Balaban J connectivity index is 1.52. The summed E-state index contributed by atoms with van der Waals surface area (Å²) < 4.78 is 83.6. The van der Waals surface area contributed by atoms with Crippen LogP contribution in [0.4, 0.5) is 27.6 Å². The number of halogens is 5. The van der Waals surface area contributed by atoms with Crippen molar-refractivity contribution in [3.8, 4) is 17.2 Å². The van der Waals surface area contributed by atoms with Gasteiger partial charge in [-0.1, -0.05) is 12.1 Å². The van der Waals surface area contributed by atoms with Crippen LogP contribution in [0.1, 0.15) is 28.4 Å². The van der Waals surface area contributed by atoms with E-state index >= 15 is 0 Å². The number of anilines is 1. The van der Waals surface area contributed by atoms with Crippen LogP contribution in [0.25, 0.3) is 6.08 Å². The third kappa shape index (κ3) is 4.79. The maximum absolute atomic E-state index is 13.9. The molecule has 1 heterocycles. The minimum atomic E-state index is -2.36. The molecule has 0 N–H and O–H groups in total. The first-order valence-corrected chi connectivity index (χ1v) is 11.2. The topological polar surface area (TPSA) is 65.1 Å². The lowest BCUT2D eigenvalue weighted by atomic mass is 10.1. The van der Waals surface area contributed by atoms with Crippen LogP contribution >= 0.6 is 0 Å². The molecule has 0 aromatic heterocycles. The number of carbonyl (C=O) groups excluding carboxylic acids is 2. The largest absolute Gasteiger partial charge is 0.473 e. The van der Waals surface area contributed by atoms with Crippen molar-refractivity contribution in [2.75, 3.05) is 19.0 Å². The molecule has 0 spiro atoms. The molecule has 11 heteroatoms. The molecule has 1 aliphatic heterocycles. The Labute approximate surface area is 213 Å². The van der Waals surface area contributed by atoms with E-state index in [-0.39, 0.29) is 34.2 Å². The molecule has 3 aromatic rings. The van der Waals surface area contributed by atoms with Gasteiger partial charge in [0.15, 0.2) is 17.6 Å². The average Bonchev–Trinajstić information content (AvgIpc) is 3.21. The molecule has 0 saturated heterocycles. The molecule has 0 saturated carbocycles. The molecule has 1 atom stereocenters. The molecule has 198 valence electrons. The third-order valence-electron chi connectivity index (χ3n) is 5.75. The van der Waals surface area contributed by atoms with Crippen LogP contribution < -0.4 is 19.1 Å². The van der Waals surface area contributed by atoms with E-state index in [1.165, 1.54) is 19.1 Å². The summed E-state index contributed by atoms with van der Waals surface area (Å²) in [7, 11) is 3.79. The molecule has 38 heavy (non-hydrogen) atoms. The number of hydrogen-bond acceptors (Lipinski definition) is 6. The number of fused-ring (bicyclic) bond motifs is 1. The van der Waals surface area contributed by atoms with Crippen LogP contribution in [-0.2, 0) is 4.79 Å². The molecule has 0 radical (unpaired) electrons. The summed E-state index contributed by atoms with van der Waals surface area (Å²) in [5, 5.41) is 0. The maximum atomic E-state index is 13.9. The summed E-state index contributed by atoms with van der Waals surface area (Å²) in [6.45, 7) is 2.52. The lowest BCUT2D eigenvalue weighted by molar-refractivity contribution is -0.141. The highest BCUT2D eigenvalue weighted by Gasteiger charge is 2.32. The SMILES string of the molecule is Cc1c(OC(=O)C(C)Oc2c(F)c(F)c(F)c(F)c2F)ccc2c1O/C(=C\c1ccc(N(C)C)cc1)C2=O. The Morgan fingerprint density at radius 2 is 1.50 bits per heavy atom. The monoisotopic (exact) mass is 533 g/mol. The number of Topliss-reactive ketones (excluding diaryl/α,β-unsaturated/α-hetero) is 1. The van der Waals surface area contributed by atoms with Gasteiger partial charge in [-0.3, -0.25) is 4.79 Å². The minimum Gasteiger partial charge on any atom is -0.473 e. The van der Waals surface area contributed by atoms with Crippen LogP contribution in [-0.4, -0.2) is 32.0 Å². The van der Waals surface area contributed by atoms with Gasteiger partial charge >= 0.3 is 5.97 Å². The van der Waals surface area contributed by atoms with Gasteiger partial charge in [0, 0.05) is 25.3 Å². The molecule has 6 nitrogen and oxygen atoms in total. The first-order chi connectivity index (χ1) is 17.9. The van der Waals surface area contributed by atoms with Gasteiger partial charge in [-0.15, -0.1) is 0 Å². The zero-order valence-corrected chi connectivity index (χ0v) is 20.5. The first-order valence-electron chi connectivity index (χ1n) is 11.2. The van der Waals surface area contributed by atoms with Crippen molar-refractivity contribution in [3.05, 3.63) is 87.9 Å². The number of benzene rings is 3. The van der Waals surface area contributed by atoms with Gasteiger partial charge in [0.1, 0.15) is 11.5 Å². The Hall–Kier alpha value is -4.41. The molecule has 1 unspecified atom stereocenters. The van der Waals surface area contributed by atoms with E-state index < -0.39 is 46.9 Å². The van der Waals surface area contributed by atoms with Crippen LogP contribution in [0.2, 0.25) is 0 Å². The van der Waals surface area contributed by atoms with Crippen molar-refractivity contribution in [2.24, 2.45) is 0 Å². The molecule has 4 rings (SSSR count). The Kier molecular flexibility index (Phi) is 7.12. The zero-order valence-electron chi connectivity index (χ0n) is 20.5. The molecule has 0 bridgehead atoms. The Morgan fingerprint density at radius 3 is 2.08 bits per heavy atom. The van der Waals surface area contributed by atoms with Crippen LogP contribution in [0.3, 0.4) is 0 Å². The molecule has 0 fully saturated rings. The summed E-state index contributed by atoms with van der Waals surface area (Å²) >= 11 is 0. The summed E-state index contributed by atoms with van der Waals surface area (Å²) in [5.74, 6) is -14.3. The Bertz CT molecular complexity index is 1460. The third-order valence-corrected chi connectivity index (χ3v) is 5.75. The number of ketones is 1. The number of allylic oxidation sites excluding steroid dienone is 1. The second kappa shape index (κ2) is 10.2. The lowest BCUT2D eigenvalue weighted by Gasteiger charge is -2.16. The molecule has 0 aliphatic carbocycles. The number of nitrogens with zero attached hydrogens (tertiary/aromatic N) is 1. The van der Waals surface area contributed by atoms with Gasteiger partial charge in [-0.25, -0.2) is 18.0 Å². The van der Waals surface area contributed by atoms with Crippen LogP contribution in [0.15, 0.2) is 42.2 Å². The highest BCUT2D eigenvalue weighted by Crippen LogP contribution is 2.39. The fourth-order valence-corrected chi connectivity index (χ4v) is 3.60. The van der Waals surface area contributed by atoms with Crippen molar-refractivity contribution in [2.45, 2.75) is 20.0 Å². The number of rotatable bonds is 6. The number of ether oxygens (including phenoxy) is 3. The standard InChI is InChI=1S/C27H20F5NO5/c1-12-17(38-27(35)13(2)36-26-22(31)20(29)19(28)21(30)23(26)32)10-9-16-24(34)18(37-25(12)16)11-14-5-7-15(8-6-14)33(3)4/h5-11,13H,1-4H3/b18-11-. The summed E-state index contributed by atoms with van der Waals surface area (Å²) in [4.78, 5) is 27.2. The van der Waals surface area contributed by atoms with E-state index in [9.17, 15) is 31.5 Å². The fourth-order valence-electron chi connectivity index (χ4n) is 3.60. The number of esters is 1. The molecule has 0 amide bonds. The van der Waals surface area contributed by atoms with Crippen LogP contribution in [0, 0.1) is 36.0 Å². The van der Waals surface area contributed by atoms with Crippen molar-refractivity contribution in [1.29, 1.82) is 0 Å². The van der Waals surface area contributed by atoms with E-state index in [4.69, 9.17) is 14.2 Å². The smallest absolute Gasteiger partial charge is 0.352 e. The van der Waals surface area contributed by atoms with Crippen molar-refractivity contribution in [1.82, 2.24) is 0 Å². The summed E-state index contributed by atoms with van der Waals surface area (Å²) in [5.41, 5.74) is 2.17. The van der Waals surface area contributed by atoms with Gasteiger partial charge in [0.05, 0.1) is 5.56 Å². The van der Waals surface area contributed by atoms with E-state index in [0.29, 0.717) is 0 Å². The predicted octanol–water partition coefficient (Wildman–Crippen LogP) is 5.75. The van der Waals surface area contributed by atoms with Crippen molar-refractivity contribution in [3.63, 3.8) is 0 Å². The lowest BCUT2D eigenvalue weighted by Crippen LogP contribution is -2.29. The summed E-state index contributed by atoms with van der Waals surface area (Å²) in [6, 6.07) is 10.1. The van der Waals surface area contributed by atoms with E-state index in [1.54, 1.807) is 6.08 Å². The quantitative estimate of drug-likeness (QED) is 0.101. The van der Waals surface area contributed by atoms with Gasteiger partial charge in [-0.2, -0.15) is 8.78 Å². The molecular weight excluding hydrogens is 513 g/mol. The van der Waals surface area contributed by atoms with Crippen molar-refractivity contribution < 1.29 is 45.8 Å². The minimum absolute atomic E-state index is 0.0483. The maximum Gasteiger partial charge on any atom is 0.352 e. The Morgan fingerprint density at radius 1 is 0.921 bits per heavy atom. The number of hydrogen-bond donors (Lipinski definition) is 0. The summed E-state index contributed by atoms with van der Waals surface area (Å²) in [6.07, 6.45) is -0.202. The average molecular weight is 533 g/mol. The number of carbonyl (C=O) groups is 2. The molecular formula is C27H20F5NO5. The van der Waals surface area contributed by atoms with E-state index in [0.717, 1.165) is 18.2 Å². The second-order valence-electron chi connectivity index (χ2n) is 8.57. The predicted molar refractivity (Wildman–Crippen MR) is 127 cm³/mol. The highest BCUT2D eigenvalue weighted by atomic mass is 19.2. The van der Waals surface area contributed by atoms with Crippen molar-refractivity contribution >= 4 is 23.5 Å². The normalized spacial score (nSPS) is 14.2. The van der Waals surface area contributed by atoms with Gasteiger partial charge in [0.25, 0.3) is 0 Å². The van der Waals surface area contributed by atoms with E-state index in [1.807, 2.05) is 43.3 Å². The molecule has 3 aromatic carbocycles. The zero-order chi connectivity index (χ0) is 27.9. The highest BCUT2D eigenvalue weighted by molar-refractivity contribution is 6.15.